The van der Waals surface area contributed by atoms with E-state index in [0.29, 0.717) is 41.1 Å². The molecule has 4 aromatic rings. The van der Waals surface area contributed by atoms with Crippen molar-refractivity contribution in [2.45, 2.75) is 101 Å². The zero-order chi connectivity index (χ0) is 39.6. The number of carbonyl (C=O) groups excluding carboxylic acids is 3. The first kappa shape index (κ1) is 38.1. The summed E-state index contributed by atoms with van der Waals surface area (Å²) >= 11 is 1.37. The Hall–Kier alpha value is -4.77. The van der Waals surface area contributed by atoms with E-state index in [2.05, 4.69) is 16.7 Å². The highest BCUT2D eigenvalue weighted by molar-refractivity contribution is 7.91. The van der Waals surface area contributed by atoms with Crippen molar-refractivity contribution in [3.05, 3.63) is 65.2 Å². The van der Waals surface area contributed by atoms with Gasteiger partial charge < -0.3 is 20.3 Å². The van der Waals surface area contributed by atoms with Crippen molar-refractivity contribution in [1.82, 2.24) is 29.9 Å². The molecule has 5 atom stereocenters. The predicted molar refractivity (Wildman–Crippen MR) is 206 cm³/mol. The second-order valence-electron chi connectivity index (χ2n) is 16.3. The van der Waals surface area contributed by atoms with Crippen LogP contribution in [0.15, 0.2) is 53.9 Å². The molecule has 56 heavy (non-hydrogen) atoms. The summed E-state index contributed by atoms with van der Waals surface area (Å²) in [4.78, 5) is 58.5. The fraction of sp³-hybridized carbons (Fsp3) is 0.487. The van der Waals surface area contributed by atoms with Crippen molar-refractivity contribution in [2.75, 3.05) is 11.9 Å². The van der Waals surface area contributed by atoms with Crippen LogP contribution in [0.5, 0.6) is 5.88 Å². The standard InChI is InChI=1S/C39H43F2N7O6S2/c1-38(2,3)31-35(50)48-19-24(17-29(48)33(49)46-39(18-26(39)32(40)41)36(51)47-56(52,53)25-14-15-25)54-34-30(43-27-12-4-5-13-28(27)44-34)22-10-6-8-21(16-22)9-7-11-23-20-55-37(42-23)45-31/h4-6,8,10,12-13,16,20,24-26,29,31-32H,7,9,11,14-15,17-19H2,1-3H3,(H,42,45)(H,46,49)(H,47,51)/t24-,26+,29+,31-,39-/m1/s1. The Morgan fingerprint density at radius 2 is 1.80 bits per heavy atom. The van der Waals surface area contributed by atoms with Gasteiger partial charge in [0.1, 0.15) is 29.4 Å². The molecule has 0 radical (unpaired) electrons. The van der Waals surface area contributed by atoms with Crippen LogP contribution in [0.25, 0.3) is 22.3 Å². The molecule has 0 spiro atoms. The number of rotatable bonds is 6. The topological polar surface area (TPSA) is 173 Å². The minimum atomic E-state index is -4.11. The summed E-state index contributed by atoms with van der Waals surface area (Å²) in [6.45, 7) is 5.55. The average Bonchev–Trinajstić information content (AvgIpc) is 4.05. The Morgan fingerprint density at radius 3 is 2.50 bits per heavy atom. The van der Waals surface area contributed by atoms with Crippen LogP contribution in [-0.2, 0) is 37.2 Å². The molecule has 1 saturated heterocycles. The number of hydrogen-bond donors (Lipinski definition) is 3. The molecule has 2 aromatic carbocycles. The summed E-state index contributed by atoms with van der Waals surface area (Å²) in [6.07, 6.45) is -1.37. The number of nitrogens with zero attached hydrogens (tertiary/aromatic N) is 4. The van der Waals surface area contributed by atoms with Gasteiger partial charge in [0.15, 0.2) is 5.13 Å². The van der Waals surface area contributed by atoms with Crippen molar-refractivity contribution >= 4 is 55.2 Å². The summed E-state index contributed by atoms with van der Waals surface area (Å²) < 4.78 is 62.4. The molecule has 4 heterocycles. The Labute approximate surface area is 327 Å². The molecule has 3 amide bonds. The number of aromatic nitrogens is 3. The monoisotopic (exact) mass is 807 g/mol. The van der Waals surface area contributed by atoms with Crippen molar-refractivity contribution in [3.63, 3.8) is 0 Å². The summed E-state index contributed by atoms with van der Waals surface area (Å²) in [5, 5.41) is 7.51. The lowest BCUT2D eigenvalue weighted by Crippen LogP contribution is -2.59. The van der Waals surface area contributed by atoms with Crippen LogP contribution in [0, 0.1) is 11.3 Å². The SMILES string of the molecule is CC(C)(C)[C@@H]1Nc2nc(cs2)CCCc2cccc(c2)-c2nc3ccccc3nc2O[C@@H]2C[C@@H](C(=O)N[C@]3(C(=O)NS(=O)(=O)C4CC4)C[C@H]3C(F)F)N(C2)C1=O. The number of halogens is 2. The van der Waals surface area contributed by atoms with Gasteiger partial charge in [-0.1, -0.05) is 51.1 Å². The molecule has 296 valence electrons. The second kappa shape index (κ2) is 14.3. The minimum Gasteiger partial charge on any atom is -0.471 e. The number of amides is 3. The summed E-state index contributed by atoms with van der Waals surface area (Å²) in [5.74, 6) is -3.97. The zero-order valence-corrected chi connectivity index (χ0v) is 32.8. The van der Waals surface area contributed by atoms with E-state index in [-0.39, 0.29) is 18.8 Å². The van der Waals surface area contributed by atoms with Gasteiger partial charge in [-0.15, -0.1) is 11.3 Å². The van der Waals surface area contributed by atoms with E-state index in [4.69, 9.17) is 19.7 Å². The number of carbonyl (C=O) groups is 3. The Morgan fingerprint density at radius 1 is 1.05 bits per heavy atom. The number of benzene rings is 2. The maximum absolute atomic E-state index is 14.8. The first-order chi connectivity index (χ1) is 26.6. The molecular weight excluding hydrogens is 765 g/mol. The lowest BCUT2D eigenvalue weighted by molar-refractivity contribution is -0.141. The molecule has 17 heteroatoms. The van der Waals surface area contributed by atoms with Gasteiger partial charge in [0.25, 0.3) is 5.91 Å². The molecular formula is C39H43F2N7O6S2. The number of ether oxygens (including phenoxy) is 1. The Kier molecular flexibility index (Phi) is 9.74. The van der Waals surface area contributed by atoms with Crippen LogP contribution in [0.4, 0.5) is 13.9 Å². The number of sulfonamides is 1. The van der Waals surface area contributed by atoms with E-state index < -0.39 is 80.9 Å². The molecule has 13 nitrogen and oxygen atoms in total. The van der Waals surface area contributed by atoms with Crippen molar-refractivity contribution in [3.8, 4) is 17.1 Å². The molecule has 2 saturated carbocycles. The van der Waals surface area contributed by atoms with Gasteiger partial charge in [-0.3, -0.25) is 19.1 Å². The van der Waals surface area contributed by atoms with E-state index in [1.165, 1.54) is 16.2 Å². The fourth-order valence-corrected chi connectivity index (χ4v) is 9.74. The van der Waals surface area contributed by atoms with Gasteiger partial charge in [-0.05, 0) is 67.7 Å². The summed E-state index contributed by atoms with van der Waals surface area (Å²) in [6, 6.07) is 13.1. The summed E-state index contributed by atoms with van der Waals surface area (Å²) in [5.41, 5.74) is 1.55. The average molecular weight is 808 g/mol. The third-order valence-corrected chi connectivity index (χ3v) is 13.6. The Balaban J connectivity index is 1.18. The van der Waals surface area contributed by atoms with Crippen molar-refractivity contribution in [2.24, 2.45) is 11.3 Å². The molecule has 2 aromatic heterocycles. The van der Waals surface area contributed by atoms with E-state index in [1.807, 2.05) is 67.3 Å². The third kappa shape index (κ3) is 7.54. The first-order valence-corrected chi connectivity index (χ1v) is 21.2. The lowest BCUT2D eigenvalue weighted by Gasteiger charge is -2.35. The highest BCUT2D eigenvalue weighted by Gasteiger charge is 2.67. The van der Waals surface area contributed by atoms with Gasteiger partial charge in [0.05, 0.1) is 34.4 Å². The van der Waals surface area contributed by atoms with Gasteiger partial charge in [0, 0.05) is 17.4 Å². The second-order valence-corrected chi connectivity index (χ2v) is 19.1. The smallest absolute Gasteiger partial charge is 0.259 e. The van der Waals surface area contributed by atoms with Gasteiger partial charge >= 0.3 is 0 Å². The number of nitrogens with one attached hydrogen (secondary N) is 3. The van der Waals surface area contributed by atoms with Crippen LogP contribution in [0.3, 0.4) is 0 Å². The first-order valence-electron chi connectivity index (χ1n) is 18.8. The van der Waals surface area contributed by atoms with E-state index in [1.54, 1.807) is 6.07 Å². The maximum Gasteiger partial charge on any atom is 0.259 e. The van der Waals surface area contributed by atoms with Crippen molar-refractivity contribution in [1.29, 1.82) is 0 Å². The van der Waals surface area contributed by atoms with E-state index in [0.717, 1.165) is 29.7 Å². The zero-order valence-electron chi connectivity index (χ0n) is 31.1. The lowest BCUT2D eigenvalue weighted by atomic mass is 9.85. The molecule has 4 aliphatic rings. The third-order valence-electron chi connectivity index (χ3n) is 11.0. The van der Waals surface area contributed by atoms with E-state index in [9.17, 15) is 31.6 Å². The molecule has 0 unspecified atom stereocenters. The molecule has 8 rings (SSSR count). The van der Waals surface area contributed by atoms with Crippen LogP contribution in [0.2, 0.25) is 0 Å². The number of hydrogen-bond acceptors (Lipinski definition) is 11. The number of thiazole rings is 1. The van der Waals surface area contributed by atoms with Crippen LogP contribution < -0.4 is 20.1 Å². The highest BCUT2D eigenvalue weighted by atomic mass is 32.2. The van der Waals surface area contributed by atoms with Crippen LogP contribution in [0.1, 0.15) is 64.1 Å². The van der Waals surface area contributed by atoms with Crippen LogP contribution >= 0.6 is 11.3 Å². The van der Waals surface area contributed by atoms with Gasteiger partial charge in [-0.2, -0.15) is 0 Å². The van der Waals surface area contributed by atoms with E-state index >= 15 is 0 Å². The number of aryl methyl sites for hydroxylation is 2. The molecule has 2 aliphatic heterocycles. The Bertz CT molecular complexity index is 2310. The molecule has 2 aliphatic carbocycles. The number of anilines is 1. The largest absolute Gasteiger partial charge is 0.471 e. The number of para-hydroxylation sites is 2. The predicted octanol–water partition coefficient (Wildman–Crippen LogP) is 4.87. The summed E-state index contributed by atoms with van der Waals surface area (Å²) in [7, 11) is -4.11. The highest BCUT2D eigenvalue weighted by Crippen LogP contribution is 2.48. The minimum absolute atomic E-state index is 0.0821. The molecule has 6 bridgehead atoms. The van der Waals surface area contributed by atoms with Gasteiger partial charge in [-0.25, -0.2) is 32.2 Å². The number of alkyl halides is 2. The molecule has 3 fully saturated rings. The van der Waals surface area contributed by atoms with Crippen molar-refractivity contribution < 1.29 is 36.3 Å². The maximum atomic E-state index is 14.8. The normalized spacial score (nSPS) is 25.4. The molecule has 3 N–H and O–H groups in total. The van der Waals surface area contributed by atoms with Gasteiger partial charge in [0.2, 0.25) is 34.1 Å². The fourth-order valence-electron chi connectivity index (χ4n) is 7.60. The number of fused-ring (bicyclic) bond motifs is 9. The quantitative estimate of drug-likeness (QED) is 0.244. The van der Waals surface area contributed by atoms with Crippen LogP contribution in [-0.4, -0.2) is 87.9 Å².